The van der Waals surface area contributed by atoms with Gasteiger partial charge in [-0.1, -0.05) is 26.0 Å². The average Bonchev–Trinajstić information content (AvgIpc) is 3.26. The first-order valence-corrected chi connectivity index (χ1v) is 11.0. The molecular weight excluding hydrogens is 370 g/mol. The van der Waals surface area contributed by atoms with Crippen molar-refractivity contribution in [1.29, 1.82) is 0 Å². The number of amides is 1. The molecule has 1 amide bonds. The monoisotopic (exact) mass is 393 g/mol. The first kappa shape index (κ1) is 19.0. The van der Waals surface area contributed by atoms with Crippen LogP contribution in [-0.4, -0.2) is 36.7 Å². The summed E-state index contributed by atoms with van der Waals surface area (Å²) in [5.41, 5.74) is 1.55. The Bertz CT molecular complexity index is 867. The number of thiazole rings is 1. The lowest BCUT2D eigenvalue weighted by Crippen LogP contribution is -2.27. The number of anilines is 1. The SMILES string of the molecule is CC(C)CC(=O)Nc1nc(-c2ccc(S(=O)(=O)N3CCCC3)cc2)cs1. The fourth-order valence-corrected chi connectivity index (χ4v) is 5.13. The van der Waals surface area contributed by atoms with Crippen molar-refractivity contribution in [3.8, 4) is 11.3 Å². The first-order valence-electron chi connectivity index (χ1n) is 8.72. The van der Waals surface area contributed by atoms with Gasteiger partial charge in [0.05, 0.1) is 10.6 Å². The smallest absolute Gasteiger partial charge is 0.243 e. The Labute approximate surface area is 158 Å². The van der Waals surface area contributed by atoms with E-state index in [1.54, 1.807) is 24.3 Å². The first-order chi connectivity index (χ1) is 12.4. The van der Waals surface area contributed by atoms with Gasteiger partial charge in [0.15, 0.2) is 5.13 Å². The minimum absolute atomic E-state index is 0.0482. The lowest BCUT2D eigenvalue weighted by molar-refractivity contribution is -0.116. The zero-order chi connectivity index (χ0) is 18.7. The molecule has 0 spiro atoms. The molecule has 1 aliphatic rings. The Balaban J connectivity index is 1.72. The summed E-state index contributed by atoms with van der Waals surface area (Å²) in [7, 11) is -3.40. The molecule has 1 aromatic carbocycles. The number of hydrogen-bond donors (Lipinski definition) is 1. The van der Waals surface area contributed by atoms with Crippen LogP contribution in [0.3, 0.4) is 0 Å². The number of aromatic nitrogens is 1. The van der Waals surface area contributed by atoms with Crippen LogP contribution in [0.5, 0.6) is 0 Å². The number of hydrogen-bond acceptors (Lipinski definition) is 5. The predicted octanol–water partition coefficient (Wildman–Crippen LogP) is 3.58. The Morgan fingerprint density at radius 1 is 1.23 bits per heavy atom. The summed E-state index contributed by atoms with van der Waals surface area (Å²) >= 11 is 1.36. The van der Waals surface area contributed by atoms with Gasteiger partial charge in [0, 0.05) is 30.5 Å². The second-order valence-electron chi connectivity index (χ2n) is 6.82. The highest BCUT2D eigenvalue weighted by molar-refractivity contribution is 7.89. The van der Waals surface area contributed by atoms with Crippen LogP contribution in [0.25, 0.3) is 11.3 Å². The van der Waals surface area contributed by atoms with Crippen molar-refractivity contribution < 1.29 is 13.2 Å². The van der Waals surface area contributed by atoms with Gasteiger partial charge in [-0.2, -0.15) is 4.31 Å². The van der Waals surface area contributed by atoms with E-state index in [4.69, 9.17) is 0 Å². The molecule has 26 heavy (non-hydrogen) atoms. The lowest BCUT2D eigenvalue weighted by Gasteiger charge is -2.15. The van der Waals surface area contributed by atoms with E-state index in [1.807, 2.05) is 19.2 Å². The van der Waals surface area contributed by atoms with Crippen LogP contribution >= 0.6 is 11.3 Å². The quantitative estimate of drug-likeness (QED) is 0.813. The maximum atomic E-state index is 12.6. The van der Waals surface area contributed by atoms with Crippen LogP contribution in [0.1, 0.15) is 33.1 Å². The van der Waals surface area contributed by atoms with Gasteiger partial charge in [-0.15, -0.1) is 11.3 Å². The molecule has 0 unspecified atom stereocenters. The minimum atomic E-state index is -3.40. The zero-order valence-corrected chi connectivity index (χ0v) is 16.6. The largest absolute Gasteiger partial charge is 0.302 e. The van der Waals surface area contributed by atoms with Gasteiger partial charge >= 0.3 is 0 Å². The molecule has 6 nitrogen and oxygen atoms in total. The minimum Gasteiger partial charge on any atom is -0.302 e. The third-order valence-corrected chi connectivity index (χ3v) is 6.87. The maximum absolute atomic E-state index is 12.6. The van der Waals surface area contributed by atoms with E-state index in [0.29, 0.717) is 35.5 Å². The van der Waals surface area contributed by atoms with Crippen molar-refractivity contribution in [2.45, 2.75) is 38.0 Å². The van der Waals surface area contributed by atoms with E-state index in [0.717, 1.165) is 24.1 Å². The van der Waals surface area contributed by atoms with Gasteiger partial charge < -0.3 is 5.32 Å². The molecular formula is C18H23N3O3S2. The molecule has 1 aromatic heterocycles. The molecule has 2 aromatic rings. The molecule has 1 N–H and O–H groups in total. The molecule has 1 saturated heterocycles. The van der Waals surface area contributed by atoms with E-state index in [2.05, 4.69) is 10.3 Å². The summed E-state index contributed by atoms with van der Waals surface area (Å²) in [6.07, 6.45) is 2.29. The summed E-state index contributed by atoms with van der Waals surface area (Å²) in [4.78, 5) is 16.6. The molecule has 8 heteroatoms. The Kier molecular flexibility index (Phi) is 5.74. The van der Waals surface area contributed by atoms with E-state index >= 15 is 0 Å². The highest BCUT2D eigenvalue weighted by Gasteiger charge is 2.27. The van der Waals surface area contributed by atoms with Gasteiger partial charge in [-0.3, -0.25) is 4.79 Å². The van der Waals surface area contributed by atoms with E-state index in [-0.39, 0.29) is 5.91 Å². The number of carbonyl (C=O) groups is 1. The molecule has 0 saturated carbocycles. The molecule has 0 bridgehead atoms. The van der Waals surface area contributed by atoms with Crippen LogP contribution in [-0.2, 0) is 14.8 Å². The third kappa shape index (κ3) is 4.31. The molecule has 3 rings (SSSR count). The van der Waals surface area contributed by atoms with Crippen LogP contribution in [0, 0.1) is 5.92 Å². The Morgan fingerprint density at radius 2 is 1.88 bits per heavy atom. The van der Waals surface area contributed by atoms with Gasteiger partial charge in [0.1, 0.15) is 0 Å². The summed E-state index contributed by atoms with van der Waals surface area (Å²) in [6, 6.07) is 6.77. The number of nitrogens with zero attached hydrogens (tertiary/aromatic N) is 2. The van der Waals surface area contributed by atoms with Crippen molar-refractivity contribution >= 4 is 32.4 Å². The summed E-state index contributed by atoms with van der Waals surface area (Å²) in [5, 5.41) is 5.21. The molecule has 1 fully saturated rings. The fraction of sp³-hybridized carbons (Fsp3) is 0.444. The molecule has 140 valence electrons. The van der Waals surface area contributed by atoms with Crippen LogP contribution < -0.4 is 5.32 Å². The average molecular weight is 394 g/mol. The second kappa shape index (κ2) is 7.85. The molecule has 1 aliphatic heterocycles. The Hall–Kier alpha value is -1.77. The van der Waals surface area contributed by atoms with Gasteiger partial charge in [-0.05, 0) is 30.9 Å². The topological polar surface area (TPSA) is 79.4 Å². The van der Waals surface area contributed by atoms with Crippen molar-refractivity contribution in [3.63, 3.8) is 0 Å². The third-order valence-electron chi connectivity index (χ3n) is 4.20. The standard InChI is InChI=1S/C18H23N3O3S2/c1-13(2)11-17(22)20-18-19-16(12-25-18)14-5-7-15(8-6-14)26(23,24)21-9-3-4-10-21/h5-8,12-13H,3-4,9-11H2,1-2H3,(H,19,20,22). The predicted molar refractivity (Wildman–Crippen MR) is 104 cm³/mol. The van der Waals surface area contributed by atoms with Crippen LogP contribution in [0.4, 0.5) is 5.13 Å². The van der Waals surface area contributed by atoms with Crippen LogP contribution in [0.2, 0.25) is 0 Å². The summed E-state index contributed by atoms with van der Waals surface area (Å²) in [5.74, 6) is 0.243. The molecule has 0 radical (unpaired) electrons. The second-order valence-corrected chi connectivity index (χ2v) is 9.62. The summed E-state index contributed by atoms with van der Waals surface area (Å²) < 4.78 is 26.7. The van der Waals surface area contributed by atoms with Gasteiger partial charge in [-0.25, -0.2) is 13.4 Å². The fourth-order valence-electron chi connectivity index (χ4n) is 2.88. The van der Waals surface area contributed by atoms with Crippen molar-refractivity contribution in [3.05, 3.63) is 29.6 Å². The highest BCUT2D eigenvalue weighted by atomic mass is 32.2. The van der Waals surface area contributed by atoms with E-state index < -0.39 is 10.0 Å². The van der Waals surface area contributed by atoms with Crippen molar-refractivity contribution in [2.24, 2.45) is 5.92 Å². The number of rotatable bonds is 6. The molecule has 0 aliphatic carbocycles. The highest BCUT2D eigenvalue weighted by Crippen LogP contribution is 2.27. The van der Waals surface area contributed by atoms with Crippen LogP contribution in [0.15, 0.2) is 34.5 Å². The maximum Gasteiger partial charge on any atom is 0.243 e. The van der Waals surface area contributed by atoms with Crippen molar-refractivity contribution in [1.82, 2.24) is 9.29 Å². The normalized spacial score (nSPS) is 15.5. The number of carbonyl (C=O) groups excluding carboxylic acids is 1. The number of nitrogens with one attached hydrogen (secondary N) is 1. The summed E-state index contributed by atoms with van der Waals surface area (Å²) in [6.45, 7) is 5.17. The van der Waals surface area contributed by atoms with Gasteiger partial charge in [0.25, 0.3) is 0 Å². The lowest BCUT2D eigenvalue weighted by atomic mass is 10.1. The zero-order valence-electron chi connectivity index (χ0n) is 14.9. The number of sulfonamides is 1. The number of benzene rings is 1. The van der Waals surface area contributed by atoms with E-state index in [1.165, 1.54) is 15.6 Å². The van der Waals surface area contributed by atoms with E-state index in [9.17, 15) is 13.2 Å². The Morgan fingerprint density at radius 3 is 2.50 bits per heavy atom. The van der Waals surface area contributed by atoms with Crippen molar-refractivity contribution in [2.75, 3.05) is 18.4 Å². The molecule has 0 atom stereocenters. The molecule has 2 heterocycles. The van der Waals surface area contributed by atoms with Gasteiger partial charge in [0.2, 0.25) is 15.9 Å².